The molecular weight excluding hydrogens is 254 g/mol. The van der Waals surface area contributed by atoms with Crippen molar-refractivity contribution in [2.75, 3.05) is 20.1 Å². The van der Waals surface area contributed by atoms with Crippen molar-refractivity contribution in [3.63, 3.8) is 0 Å². The largest absolute Gasteiger partial charge is 0.486 e. The quantitative estimate of drug-likeness (QED) is 0.795. The van der Waals surface area contributed by atoms with Crippen LogP contribution in [-0.4, -0.2) is 43.2 Å². The van der Waals surface area contributed by atoms with Crippen LogP contribution in [0.3, 0.4) is 0 Å². The molecule has 0 bridgehead atoms. The number of likely N-dealkylation sites (tertiary alicyclic amines) is 1. The number of likely N-dealkylation sites (N-methyl/N-ethyl adjacent to an activating group) is 1. The Morgan fingerprint density at radius 2 is 2.00 bits per heavy atom. The summed E-state index contributed by atoms with van der Waals surface area (Å²) in [5.41, 5.74) is 2.46. The van der Waals surface area contributed by atoms with Crippen LogP contribution in [0.25, 0.3) is 0 Å². The highest BCUT2D eigenvalue weighted by atomic mass is 16.6. The highest BCUT2D eigenvalue weighted by molar-refractivity contribution is 5.66. The second-order valence-electron chi connectivity index (χ2n) is 5.60. The third kappa shape index (κ3) is 3.73. The molecule has 0 spiro atoms. The molecule has 4 heteroatoms. The summed E-state index contributed by atoms with van der Waals surface area (Å²) in [7, 11) is 2.03. The molecule has 1 aliphatic heterocycles. The highest BCUT2D eigenvalue weighted by Gasteiger charge is 2.31. The lowest BCUT2D eigenvalue weighted by Crippen LogP contribution is -2.49. The molecule has 0 amide bonds. The minimum absolute atomic E-state index is 0.0720. The third-order valence-corrected chi connectivity index (χ3v) is 3.78. The van der Waals surface area contributed by atoms with E-state index in [4.69, 9.17) is 9.47 Å². The molecule has 2 rings (SSSR count). The van der Waals surface area contributed by atoms with Crippen LogP contribution in [0.4, 0.5) is 0 Å². The van der Waals surface area contributed by atoms with Crippen LogP contribution >= 0.6 is 0 Å². The monoisotopic (exact) mass is 277 g/mol. The first-order valence-electron chi connectivity index (χ1n) is 7.05. The van der Waals surface area contributed by atoms with E-state index >= 15 is 0 Å². The van der Waals surface area contributed by atoms with Crippen molar-refractivity contribution >= 4 is 5.97 Å². The van der Waals surface area contributed by atoms with Gasteiger partial charge in [-0.1, -0.05) is 6.07 Å². The Morgan fingerprint density at radius 3 is 2.65 bits per heavy atom. The van der Waals surface area contributed by atoms with Crippen molar-refractivity contribution < 1.29 is 14.3 Å². The van der Waals surface area contributed by atoms with Crippen LogP contribution < -0.4 is 4.74 Å². The molecule has 0 saturated carbocycles. The molecule has 1 aromatic rings. The summed E-state index contributed by atoms with van der Waals surface area (Å²) in [5, 5.41) is 0. The number of esters is 1. The number of rotatable bonds is 3. The van der Waals surface area contributed by atoms with Crippen molar-refractivity contribution in [2.45, 2.75) is 39.4 Å². The van der Waals surface area contributed by atoms with Crippen molar-refractivity contribution in [2.24, 2.45) is 0 Å². The highest BCUT2D eigenvalue weighted by Crippen LogP contribution is 2.23. The maximum Gasteiger partial charge on any atom is 0.303 e. The molecule has 0 aliphatic carbocycles. The van der Waals surface area contributed by atoms with Crippen LogP contribution in [0.2, 0.25) is 0 Å². The second kappa shape index (κ2) is 6.27. The molecule has 1 fully saturated rings. The zero-order valence-corrected chi connectivity index (χ0v) is 12.7. The smallest absolute Gasteiger partial charge is 0.303 e. The fourth-order valence-electron chi connectivity index (χ4n) is 2.47. The van der Waals surface area contributed by atoms with E-state index in [9.17, 15) is 4.79 Å². The normalized spacial score (nSPS) is 23.4. The molecule has 1 heterocycles. The maximum absolute atomic E-state index is 11.2. The minimum Gasteiger partial charge on any atom is -0.486 e. The van der Waals surface area contributed by atoms with E-state index in [2.05, 4.69) is 24.8 Å². The van der Waals surface area contributed by atoms with Gasteiger partial charge >= 0.3 is 5.97 Å². The molecule has 2 unspecified atom stereocenters. The summed E-state index contributed by atoms with van der Waals surface area (Å²) in [4.78, 5) is 13.4. The van der Waals surface area contributed by atoms with Gasteiger partial charge in [-0.15, -0.1) is 0 Å². The summed E-state index contributed by atoms with van der Waals surface area (Å²) in [6.45, 7) is 7.26. The zero-order valence-electron chi connectivity index (χ0n) is 12.7. The van der Waals surface area contributed by atoms with Gasteiger partial charge in [0.15, 0.2) is 6.10 Å². The molecule has 4 nitrogen and oxygen atoms in total. The second-order valence-corrected chi connectivity index (χ2v) is 5.60. The lowest BCUT2D eigenvalue weighted by Gasteiger charge is -2.36. The number of hydrogen-bond donors (Lipinski definition) is 0. The predicted molar refractivity (Wildman–Crippen MR) is 78.0 cm³/mol. The van der Waals surface area contributed by atoms with Gasteiger partial charge < -0.3 is 14.4 Å². The standard InChI is InChI=1S/C16H23NO3/c1-11-5-6-14(9-12(11)2)20-15-7-8-17(4)10-16(15)19-13(3)18/h5-6,9,15-16H,7-8,10H2,1-4H3. The number of ether oxygens (including phenoxy) is 2. The van der Waals surface area contributed by atoms with E-state index in [0.29, 0.717) is 0 Å². The van der Waals surface area contributed by atoms with Crippen molar-refractivity contribution in [3.8, 4) is 5.75 Å². The van der Waals surface area contributed by atoms with Crippen LogP contribution in [0.15, 0.2) is 18.2 Å². The molecule has 110 valence electrons. The molecule has 2 atom stereocenters. The van der Waals surface area contributed by atoms with Gasteiger partial charge in [0.1, 0.15) is 11.9 Å². The van der Waals surface area contributed by atoms with Gasteiger partial charge in [0.2, 0.25) is 0 Å². The van der Waals surface area contributed by atoms with Gasteiger partial charge in [0.25, 0.3) is 0 Å². The maximum atomic E-state index is 11.2. The Morgan fingerprint density at radius 1 is 1.25 bits per heavy atom. The number of benzene rings is 1. The lowest BCUT2D eigenvalue weighted by molar-refractivity contribution is -0.155. The summed E-state index contributed by atoms with van der Waals surface area (Å²) >= 11 is 0. The first-order chi connectivity index (χ1) is 9.45. The first kappa shape index (κ1) is 14.9. The van der Waals surface area contributed by atoms with E-state index < -0.39 is 0 Å². The Kier molecular flexibility index (Phi) is 4.65. The number of aryl methyl sites for hydroxylation is 2. The van der Waals surface area contributed by atoms with Crippen molar-refractivity contribution in [1.82, 2.24) is 4.90 Å². The topological polar surface area (TPSA) is 38.8 Å². The third-order valence-electron chi connectivity index (χ3n) is 3.78. The molecule has 0 aromatic heterocycles. The predicted octanol–water partition coefficient (Wildman–Crippen LogP) is 2.32. The number of carbonyl (C=O) groups is 1. The molecule has 1 saturated heterocycles. The number of nitrogens with zero attached hydrogens (tertiary/aromatic N) is 1. The van der Waals surface area contributed by atoms with E-state index in [1.165, 1.54) is 18.1 Å². The molecular formula is C16H23NO3. The van der Waals surface area contributed by atoms with Gasteiger partial charge in [-0.25, -0.2) is 0 Å². The summed E-state index contributed by atoms with van der Waals surface area (Å²) in [6.07, 6.45) is 0.589. The number of carbonyl (C=O) groups excluding carboxylic acids is 1. The van der Waals surface area contributed by atoms with Crippen molar-refractivity contribution in [1.29, 1.82) is 0 Å². The van der Waals surface area contributed by atoms with Crippen LogP contribution in [0.5, 0.6) is 5.75 Å². The molecule has 1 aliphatic rings. The van der Waals surface area contributed by atoms with Gasteiger partial charge in [-0.3, -0.25) is 4.79 Å². The fourth-order valence-corrected chi connectivity index (χ4v) is 2.47. The Bertz CT molecular complexity index is 487. The first-order valence-corrected chi connectivity index (χ1v) is 7.05. The van der Waals surface area contributed by atoms with Crippen molar-refractivity contribution in [3.05, 3.63) is 29.3 Å². The fraction of sp³-hybridized carbons (Fsp3) is 0.562. The average Bonchev–Trinajstić information content (AvgIpc) is 2.36. The van der Waals surface area contributed by atoms with E-state index in [1.54, 1.807) is 0 Å². The van der Waals surface area contributed by atoms with E-state index in [-0.39, 0.29) is 18.2 Å². The van der Waals surface area contributed by atoms with Crippen LogP contribution in [0, 0.1) is 13.8 Å². The van der Waals surface area contributed by atoms with E-state index in [0.717, 1.165) is 25.3 Å². The minimum atomic E-state index is -0.251. The van der Waals surface area contributed by atoms with Gasteiger partial charge in [-0.2, -0.15) is 0 Å². The summed E-state index contributed by atoms with van der Waals surface area (Å²) < 4.78 is 11.4. The van der Waals surface area contributed by atoms with Crippen LogP contribution in [-0.2, 0) is 9.53 Å². The van der Waals surface area contributed by atoms with Gasteiger partial charge in [0, 0.05) is 26.4 Å². The molecule has 0 N–H and O–H groups in total. The Balaban J connectivity index is 2.08. The van der Waals surface area contributed by atoms with Gasteiger partial charge in [0.05, 0.1) is 0 Å². The Hall–Kier alpha value is -1.55. The summed E-state index contributed by atoms with van der Waals surface area (Å²) in [5.74, 6) is 0.596. The Labute approximate surface area is 120 Å². The SMILES string of the molecule is CC(=O)OC1CN(C)CCC1Oc1ccc(C)c(C)c1. The number of hydrogen-bond acceptors (Lipinski definition) is 4. The lowest BCUT2D eigenvalue weighted by atomic mass is 10.0. The average molecular weight is 277 g/mol. The molecule has 20 heavy (non-hydrogen) atoms. The summed E-state index contributed by atoms with van der Waals surface area (Å²) in [6, 6.07) is 6.07. The number of piperidine rings is 1. The zero-order chi connectivity index (χ0) is 14.7. The van der Waals surface area contributed by atoms with Crippen LogP contribution in [0.1, 0.15) is 24.5 Å². The van der Waals surface area contributed by atoms with Gasteiger partial charge in [-0.05, 0) is 44.2 Å². The molecule has 0 radical (unpaired) electrons. The molecule has 1 aromatic carbocycles. The van der Waals surface area contributed by atoms with E-state index in [1.807, 2.05) is 19.2 Å².